The maximum Gasteiger partial charge on any atom is 0.215 e. The summed E-state index contributed by atoms with van der Waals surface area (Å²) in [6, 6.07) is 15.2. The molecule has 0 N–H and O–H groups in total. The molecule has 1 heterocycles. The fourth-order valence-electron chi connectivity index (χ4n) is 3.93. The zero-order chi connectivity index (χ0) is 21.3. The lowest BCUT2D eigenvalue weighted by molar-refractivity contribution is -0.137. The molecule has 30 heavy (non-hydrogen) atoms. The summed E-state index contributed by atoms with van der Waals surface area (Å²) in [6.45, 7) is 2.30. The number of alkyl halides is 1. The third-order valence-electron chi connectivity index (χ3n) is 5.65. The normalized spacial score (nSPS) is 26.5. The molecule has 1 aliphatic heterocycles. The molecule has 2 aromatic carbocycles. The first-order valence-corrected chi connectivity index (χ1v) is 11.5. The molecule has 0 radical (unpaired) electrons. The second kappa shape index (κ2) is 8.85. The van der Waals surface area contributed by atoms with Gasteiger partial charge in [0.05, 0.1) is 17.6 Å². The lowest BCUT2D eigenvalue weighted by Gasteiger charge is -2.44. The van der Waals surface area contributed by atoms with Crippen LogP contribution in [-0.4, -0.2) is 34.9 Å². The van der Waals surface area contributed by atoms with Gasteiger partial charge < -0.3 is 14.2 Å². The number of ether oxygens (including phenoxy) is 3. The third-order valence-corrected chi connectivity index (χ3v) is 7.26. The van der Waals surface area contributed by atoms with Crippen molar-refractivity contribution in [1.82, 2.24) is 0 Å². The average molecular weight is 540 g/mol. The van der Waals surface area contributed by atoms with Gasteiger partial charge in [0.15, 0.2) is 11.6 Å². The van der Waals surface area contributed by atoms with E-state index in [1.807, 2.05) is 49.4 Å². The molecule has 0 spiro atoms. The molecule has 0 amide bonds. The van der Waals surface area contributed by atoms with Crippen LogP contribution in [0.1, 0.15) is 30.9 Å². The minimum atomic E-state index is -1.00. The minimum Gasteiger partial charge on any atom is -0.497 e. The summed E-state index contributed by atoms with van der Waals surface area (Å²) in [5.41, 5.74) is 0.756. The van der Waals surface area contributed by atoms with E-state index >= 15 is 0 Å². The van der Waals surface area contributed by atoms with Crippen LogP contribution < -0.4 is 4.74 Å². The SMILES string of the molecule is COc1ccc(COC(C)C2=NC3(c4ccccc4Cl)CCC(I)C(O2)C3=O)cc1. The Bertz CT molecular complexity index is 964. The summed E-state index contributed by atoms with van der Waals surface area (Å²) in [5.74, 6) is 1.23. The number of hydrogen-bond acceptors (Lipinski definition) is 5. The first-order chi connectivity index (χ1) is 14.4. The largest absolute Gasteiger partial charge is 0.497 e. The minimum absolute atomic E-state index is 0.0210. The van der Waals surface area contributed by atoms with Crippen molar-refractivity contribution >= 4 is 45.9 Å². The van der Waals surface area contributed by atoms with Crippen LogP contribution in [-0.2, 0) is 26.4 Å². The van der Waals surface area contributed by atoms with Gasteiger partial charge in [-0.2, -0.15) is 0 Å². The van der Waals surface area contributed by atoms with E-state index in [-0.39, 0.29) is 9.71 Å². The van der Waals surface area contributed by atoms with Crippen molar-refractivity contribution in [3.8, 4) is 5.75 Å². The van der Waals surface area contributed by atoms with Gasteiger partial charge in [-0.1, -0.05) is 64.5 Å². The molecule has 2 aliphatic rings. The number of carbonyl (C=O) groups excluding carboxylic acids is 1. The average Bonchev–Trinajstić information content (AvgIpc) is 2.76. The maximum atomic E-state index is 13.4. The van der Waals surface area contributed by atoms with Gasteiger partial charge in [-0.25, -0.2) is 4.99 Å². The molecule has 7 heteroatoms. The molecule has 5 nitrogen and oxygen atoms in total. The van der Waals surface area contributed by atoms with E-state index in [0.29, 0.717) is 23.9 Å². The topological polar surface area (TPSA) is 57.1 Å². The Morgan fingerprint density at radius 1 is 1.27 bits per heavy atom. The third kappa shape index (κ3) is 3.97. The van der Waals surface area contributed by atoms with E-state index in [4.69, 9.17) is 30.8 Å². The smallest absolute Gasteiger partial charge is 0.215 e. The summed E-state index contributed by atoms with van der Waals surface area (Å²) in [6.07, 6.45) is 0.499. The van der Waals surface area contributed by atoms with Crippen molar-refractivity contribution in [3.63, 3.8) is 0 Å². The molecule has 4 rings (SSSR count). The Hall–Kier alpha value is -1.64. The molecule has 4 unspecified atom stereocenters. The van der Waals surface area contributed by atoms with E-state index in [1.54, 1.807) is 13.2 Å². The van der Waals surface area contributed by atoms with Gasteiger partial charge in [0.1, 0.15) is 11.9 Å². The molecule has 2 bridgehead atoms. The number of carbonyl (C=O) groups is 1. The molecule has 1 aliphatic carbocycles. The van der Waals surface area contributed by atoms with Crippen LogP contribution in [0.4, 0.5) is 0 Å². The van der Waals surface area contributed by atoms with Crippen molar-refractivity contribution < 1.29 is 19.0 Å². The number of aliphatic imine (C=N–C) groups is 1. The van der Waals surface area contributed by atoms with Crippen molar-refractivity contribution in [1.29, 1.82) is 0 Å². The molecule has 158 valence electrons. The number of benzene rings is 2. The predicted octanol–water partition coefficient (Wildman–Crippen LogP) is 5.11. The number of nitrogens with zero attached hydrogens (tertiary/aromatic N) is 1. The summed E-state index contributed by atoms with van der Waals surface area (Å²) < 4.78 is 17.4. The Labute approximate surface area is 194 Å². The number of ketones is 1. The molecule has 4 atom stereocenters. The highest BCUT2D eigenvalue weighted by Gasteiger charge is 2.55. The Kier molecular flexibility index (Phi) is 6.36. The van der Waals surface area contributed by atoms with E-state index in [9.17, 15) is 4.79 Å². The van der Waals surface area contributed by atoms with Gasteiger partial charge in [0.2, 0.25) is 11.7 Å². The summed E-state index contributed by atoms with van der Waals surface area (Å²) >= 11 is 8.78. The van der Waals surface area contributed by atoms with Gasteiger partial charge in [0, 0.05) is 10.6 Å². The van der Waals surface area contributed by atoms with E-state index < -0.39 is 17.7 Å². The van der Waals surface area contributed by atoms with E-state index in [1.165, 1.54) is 0 Å². The Morgan fingerprint density at radius 3 is 2.70 bits per heavy atom. The van der Waals surface area contributed by atoms with Gasteiger partial charge in [-0.3, -0.25) is 4.79 Å². The second-order valence-corrected chi connectivity index (χ2v) is 9.56. The molecule has 1 fully saturated rings. The van der Waals surface area contributed by atoms with E-state index in [0.717, 1.165) is 23.3 Å². The van der Waals surface area contributed by atoms with Gasteiger partial charge >= 0.3 is 0 Å². The predicted molar refractivity (Wildman–Crippen MR) is 125 cm³/mol. The molecule has 0 saturated heterocycles. The van der Waals surface area contributed by atoms with Crippen LogP contribution in [0.5, 0.6) is 5.75 Å². The van der Waals surface area contributed by atoms with Crippen LogP contribution in [0.25, 0.3) is 0 Å². The number of Topliss-reactive ketones (excluding diaryl/α,β-unsaturated/α-hetero) is 1. The highest BCUT2D eigenvalue weighted by Crippen LogP contribution is 2.46. The van der Waals surface area contributed by atoms with Crippen LogP contribution in [0.2, 0.25) is 5.02 Å². The molecular weight excluding hydrogens is 517 g/mol. The lowest BCUT2D eigenvalue weighted by atomic mass is 9.73. The standard InChI is InChI=1S/C23H23ClINO4/c1-14(29-13-15-7-9-16(28-2)10-8-15)22-26-23(17-5-3-4-6-18(17)24)12-11-19(25)20(30-22)21(23)27/h3-10,14,19-20H,11-13H2,1-2H3. The van der Waals surface area contributed by atoms with Crippen LogP contribution in [0.15, 0.2) is 53.5 Å². The summed E-state index contributed by atoms with van der Waals surface area (Å²) in [7, 11) is 1.64. The summed E-state index contributed by atoms with van der Waals surface area (Å²) in [5, 5.41) is 0.549. The van der Waals surface area contributed by atoms with E-state index in [2.05, 4.69) is 22.6 Å². The monoisotopic (exact) mass is 539 g/mol. The van der Waals surface area contributed by atoms with Crippen molar-refractivity contribution in [2.45, 2.75) is 48.0 Å². The van der Waals surface area contributed by atoms with Crippen molar-refractivity contribution in [2.75, 3.05) is 7.11 Å². The number of methoxy groups -OCH3 is 1. The van der Waals surface area contributed by atoms with Crippen molar-refractivity contribution in [2.24, 2.45) is 4.99 Å². The number of rotatable bonds is 6. The zero-order valence-electron chi connectivity index (χ0n) is 16.8. The molecule has 2 aromatic rings. The molecule has 1 saturated carbocycles. The molecular formula is C23H23ClINO4. The van der Waals surface area contributed by atoms with Crippen molar-refractivity contribution in [3.05, 3.63) is 64.7 Å². The summed E-state index contributed by atoms with van der Waals surface area (Å²) in [4.78, 5) is 18.2. The quantitative estimate of drug-likeness (QED) is 0.378. The lowest BCUT2D eigenvalue weighted by Crippen LogP contribution is -2.56. The fourth-order valence-corrected chi connectivity index (χ4v) is 5.01. The first kappa shape index (κ1) is 21.6. The first-order valence-electron chi connectivity index (χ1n) is 9.89. The second-order valence-electron chi connectivity index (χ2n) is 7.55. The highest BCUT2D eigenvalue weighted by atomic mass is 127. The number of halogens is 2. The zero-order valence-corrected chi connectivity index (χ0v) is 19.7. The number of fused-ring (bicyclic) bond motifs is 2. The maximum absolute atomic E-state index is 13.4. The van der Waals surface area contributed by atoms with Crippen LogP contribution >= 0.6 is 34.2 Å². The highest BCUT2D eigenvalue weighted by molar-refractivity contribution is 14.1. The fraction of sp³-hybridized carbons (Fsp3) is 0.391. The number of hydrogen-bond donors (Lipinski definition) is 0. The van der Waals surface area contributed by atoms with Crippen LogP contribution in [0, 0.1) is 0 Å². The van der Waals surface area contributed by atoms with Gasteiger partial charge in [-0.05, 0) is 43.5 Å². The van der Waals surface area contributed by atoms with Gasteiger partial charge in [-0.15, -0.1) is 0 Å². The van der Waals surface area contributed by atoms with Gasteiger partial charge in [0.25, 0.3) is 0 Å². The molecule has 0 aromatic heterocycles. The Balaban J connectivity index is 1.61. The van der Waals surface area contributed by atoms with Crippen LogP contribution in [0.3, 0.4) is 0 Å². The Morgan fingerprint density at radius 2 is 2.00 bits per heavy atom.